The molecule has 36 heavy (non-hydrogen) atoms. The van der Waals surface area contributed by atoms with E-state index in [1.807, 2.05) is 42.5 Å². The fourth-order valence-electron chi connectivity index (χ4n) is 3.81. The highest BCUT2D eigenvalue weighted by Crippen LogP contribution is 2.20. The molecule has 0 aliphatic carbocycles. The molecule has 1 atom stereocenters. The maximum absolute atomic E-state index is 13.4. The average Bonchev–Trinajstić information content (AvgIpc) is 3.36. The number of likely N-dealkylation sites (N-methyl/N-ethyl adjacent to an activating group) is 1. The number of nitrogen functional groups attached to an aromatic ring is 1. The third-order valence-electron chi connectivity index (χ3n) is 5.73. The predicted octanol–water partition coefficient (Wildman–Crippen LogP) is 2.93. The first-order chi connectivity index (χ1) is 17.4. The molecular formula is C27H28N6O3. The molecule has 2 amide bonds. The summed E-state index contributed by atoms with van der Waals surface area (Å²) in [6, 6.07) is 23.2. The molecule has 0 saturated heterocycles. The Morgan fingerprint density at radius 3 is 2.50 bits per heavy atom. The number of nitrogens with one attached hydrogen (secondary N) is 1. The van der Waals surface area contributed by atoms with Crippen LogP contribution in [0.1, 0.15) is 5.56 Å². The zero-order chi connectivity index (χ0) is 25.5. The number of amides is 2. The number of rotatable bonds is 9. The number of aromatic nitrogens is 3. The second kappa shape index (κ2) is 11.2. The van der Waals surface area contributed by atoms with Gasteiger partial charge in [-0.25, -0.2) is 4.68 Å². The third-order valence-corrected chi connectivity index (χ3v) is 5.73. The predicted molar refractivity (Wildman–Crippen MR) is 138 cm³/mol. The standard InChI is InChI=1S/C27H28N6O3/c1-32(22-11-13-23(36-2)14-12-22)27(35)24(15-19-7-4-3-5-8-19)29-26(34)18-33-17-25(30-31-33)20-9-6-10-21(28)16-20/h3-14,16-17,24H,15,18,28H2,1-2H3,(H,29,34). The number of nitrogens with zero attached hydrogens (tertiary/aromatic N) is 4. The van der Waals surface area contributed by atoms with Gasteiger partial charge in [0.15, 0.2) is 0 Å². The van der Waals surface area contributed by atoms with E-state index in [0.717, 1.165) is 11.1 Å². The molecule has 184 valence electrons. The van der Waals surface area contributed by atoms with E-state index in [2.05, 4.69) is 15.6 Å². The molecule has 9 nitrogen and oxygen atoms in total. The number of nitrogens with two attached hydrogens (primary N) is 1. The van der Waals surface area contributed by atoms with E-state index in [0.29, 0.717) is 29.2 Å². The van der Waals surface area contributed by atoms with Crippen LogP contribution in [0.4, 0.5) is 11.4 Å². The molecule has 3 N–H and O–H groups in total. The summed E-state index contributed by atoms with van der Waals surface area (Å²) in [5, 5.41) is 11.1. The first-order valence-electron chi connectivity index (χ1n) is 11.4. The van der Waals surface area contributed by atoms with Gasteiger partial charge < -0.3 is 20.7 Å². The quantitative estimate of drug-likeness (QED) is 0.353. The topological polar surface area (TPSA) is 115 Å². The van der Waals surface area contributed by atoms with E-state index in [-0.39, 0.29) is 18.4 Å². The molecule has 0 fully saturated rings. The molecule has 1 aromatic heterocycles. The summed E-state index contributed by atoms with van der Waals surface area (Å²) in [6.07, 6.45) is 2.02. The largest absolute Gasteiger partial charge is 0.497 e. The van der Waals surface area contributed by atoms with Crippen molar-refractivity contribution in [1.82, 2.24) is 20.3 Å². The van der Waals surface area contributed by atoms with Gasteiger partial charge in [-0.15, -0.1) is 5.10 Å². The number of methoxy groups -OCH3 is 1. The molecule has 0 bridgehead atoms. The Bertz CT molecular complexity index is 1320. The first-order valence-corrected chi connectivity index (χ1v) is 11.4. The van der Waals surface area contributed by atoms with Crippen molar-refractivity contribution in [1.29, 1.82) is 0 Å². The lowest BCUT2D eigenvalue weighted by Crippen LogP contribution is -2.49. The minimum absolute atomic E-state index is 0.0832. The minimum Gasteiger partial charge on any atom is -0.497 e. The number of carbonyl (C=O) groups excluding carboxylic acids is 2. The van der Waals surface area contributed by atoms with Crippen LogP contribution in [0.25, 0.3) is 11.3 Å². The monoisotopic (exact) mass is 484 g/mol. The molecular weight excluding hydrogens is 456 g/mol. The SMILES string of the molecule is COc1ccc(N(C)C(=O)C(Cc2ccccc2)NC(=O)Cn2cc(-c3cccc(N)c3)nn2)cc1. The molecule has 0 radical (unpaired) electrons. The molecule has 4 aromatic rings. The van der Waals surface area contributed by atoms with Crippen molar-refractivity contribution in [3.63, 3.8) is 0 Å². The van der Waals surface area contributed by atoms with Gasteiger partial charge in [0.05, 0.1) is 13.3 Å². The van der Waals surface area contributed by atoms with Crippen LogP contribution in [0, 0.1) is 0 Å². The van der Waals surface area contributed by atoms with Gasteiger partial charge in [-0.05, 0) is 42.0 Å². The molecule has 4 rings (SSSR count). The number of hydrogen-bond acceptors (Lipinski definition) is 6. The van der Waals surface area contributed by atoms with Crippen molar-refractivity contribution in [2.75, 3.05) is 24.8 Å². The Hall–Kier alpha value is -4.66. The number of hydrogen-bond donors (Lipinski definition) is 2. The van der Waals surface area contributed by atoms with Gasteiger partial charge in [-0.2, -0.15) is 0 Å². The van der Waals surface area contributed by atoms with Gasteiger partial charge in [-0.1, -0.05) is 47.7 Å². The molecule has 0 spiro atoms. The van der Waals surface area contributed by atoms with Crippen molar-refractivity contribution < 1.29 is 14.3 Å². The minimum atomic E-state index is -0.774. The van der Waals surface area contributed by atoms with E-state index in [4.69, 9.17) is 10.5 Å². The first kappa shape index (κ1) is 24.5. The summed E-state index contributed by atoms with van der Waals surface area (Å²) in [4.78, 5) is 27.9. The summed E-state index contributed by atoms with van der Waals surface area (Å²) in [6.45, 7) is -0.0832. The number of ether oxygens (including phenoxy) is 1. The molecule has 1 heterocycles. The number of anilines is 2. The normalized spacial score (nSPS) is 11.5. The van der Waals surface area contributed by atoms with E-state index in [1.165, 1.54) is 9.58 Å². The second-order valence-electron chi connectivity index (χ2n) is 8.33. The molecule has 3 aromatic carbocycles. The van der Waals surface area contributed by atoms with Crippen LogP contribution in [-0.2, 0) is 22.6 Å². The molecule has 0 saturated carbocycles. The van der Waals surface area contributed by atoms with Gasteiger partial charge in [0.25, 0.3) is 0 Å². The van der Waals surface area contributed by atoms with E-state index >= 15 is 0 Å². The van der Waals surface area contributed by atoms with Crippen LogP contribution in [0.5, 0.6) is 5.75 Å². The van der Waals surface area contributed by atoms with Crippen molar-refractivity contribution in [3.8, 4) is 17.0 Å². The van der Waals surface area contributed by atoms with Gasteiger partial charge in [0.2, 0.25) is 11.8 Å². The zero-order valence-electron chi connectivity index (χ0n) is 20.2. The van der Waals surface area contributed by atoms with Crippen molar-refractivity contribution in [3.05, 3.63) is 90.6 Å². The molecule has 0 aliphatic heterocycles. The van der Waals surface area contributed by atoms with Gasteiger partial charge in [-0.3, -0.25) is 9.59 Å². The van der Waals surface area contributed by atoms with Crippen molar-refractivity contribution in [2.24, 2.45) is 0 Å². The summed E-state index contributed by atoms with van der Waals surface area (Å²) in [5.74, 6) is 0.104. The summed E-state index contributed by atoms with van der Waals surface area (Å²) in [7, 11) is 3.27. The maximum atomic E-state index is 13.4. The highest BCUT2D eigenvalue weighted by atomic mass is 16.5. The number of carbonyl (C=O) groups is 2. The van der Waals surface area contributed by atoms with E-state index in [1.54, 1.807) is 56.8 Å². The van der Waals surface area contributed by atoms with Crippen molar-refractivity contribution in [2.45, 2.75) is 19.0 Å². The van der Waals surface area contributed by atoms with Crippen LogP contribution in [-0.4, -0.2) is 47.0 Å². The van der Waals surface area contributed by atoms with E-state index in [9.17, 15) is 9.59 Å². The van der Waals surface area contributed by atoms with Gasteiger partial charge >= 0.3 is 0 Å². The number of benzene rings is 3. The summed E-state index contributed by atoms with van der Waals surface area (Å²) in [5.41, 5.74) is 9.50. The fourth-order valence-corrected chi connectivity index (χ4v) is 3.81. The smallest absolute Gasteiger partial charge is 0.249 e. The highest BCUT2D eigenvalue weighted by molar-refractivity contribution is 5.99. The van der Waals surface area contributed by atoms with Crippen LogP contribution >= 0.6 is 0 Å². The van der Waals surface area contributed by atoms with Crippen LogP contribution in [0.2, 0.25) is 0 Å². The summed E-state index contributed by atoms with van der Waals surface area (Å²) < 4.78 is 6.64. The Balaban J connectivity index is 1.48. The highest BCUT2D eigenvalue weighted by Gasteiger charge is 2.25. The fraction of sp³-hybridized carbons (Fsp3) is 0.185. The second-order valence-corrected chi connectivity index (χ2v) is 8.33. The Morgan fingerprint density at radius 2 is 1.81 bits per heavy atom. The lowest BCUT2D eigenvalue weighted by molar-refractivity contribution is -0.127. The van der Waals surface area contributed by atoms with Gasteiger partial charge in [0.1, 0.15) is 24.0 Å². The lowest BCUT2D eigenvalue weighted by Gasteiger charge is -2.25. The Morgan fingerprint density at radius 1 is 1.06 bits per heavy atom. The lowest BCUT2D eigenvalue weighted by atomic mass is 10.0. The average molecular weight is 485 g/mol. The third kappa shape index (κ3) is 6.06. The maximum Gasteiger partial charge on any atom is 0.249 e. The van der Waals surface area contributed by atoms with Crippen LogP contribution in [0.15, 0.2) is 85.1 Å². The Kier molecular flexibility index (Phi) is 7.60. The van der Waals surface area contributed by atoms with Crippen LogP contribution < -0.4 is 20.7 Å². The van der Waals surface area contributed by atoms with Gasteiger partial charge in [0, 0.05) is 30.4 Å². The molecule has 0 aliphatic rings. The Labute approximate surface area is 209 Å². The van der Waals surface area contributed by atoms with Crippen LogP contribution in [0.3, 0.4) is 0 Å². The zero-order valence-corrected chi connectivity index (χ0v) is 20.2. The summed E-state index contributed by atoms with van der Waals surface area (Å²) >= 11 is 0. The van der Waals surface area contributed by atoms with E-state index < -0.39 is 6.04 Å². The molecule has 9 heteroatoms. The molecule has 1 unspecified atom stereocenters. The van der Waals surface area contributed by atoms with Crippen molar-refractivity contribution >= 4 is 23.2 Å².